The lowest BCUT2D eigenvalue weighted by Crippen LogP contribution is -2.07. The average Bonchev–Trinajstić information content (AvgIpc) is 2.69. The van der Waals surface area contributed by atoms with Crippen LogP contribution in [0.2, 0.25) is 0 Å². The number of hydrogen-bond donors (Lipinski definition) is 0. The molecule has 0 amide bonds. The van der Waals surface area contributed by atoms with E-state index in [4.69, 9.17) is 4.74 Å². The molecule has 0 saturated heterocycles. The summed E-state index contributed by atoms with van der Waals surface area (Å²) in [5.74, 6) is 1.47. The molecule has 0 aromatic rings. The number of hydrogen-bond acceptors (Lipinski definition) is 2. The van der Waals surface area contributed by atoms with Gasteiger partial charge < -0.3 is 4.74 Å². The molecule has 0 rings (SSSR count). The second kappa shape index (κ2) is 21.8. The first-order chi connectivity index (χ1) is 14.1. The standard InChI is InChI=1S/C27H51O2/c1-5-7-9-10-11-13-16-20-26(19-8-6-2)21-17-14-12-15-18-22-27(28)29-24-23-25(3)4/h6,11,13,25-26H,5,7-10,12,14-24H2,1-4H3/q+1/b13-11+. The minimum Gasteiger partial charge on any atom is -0.466 e. The second-order valence-electron chi connectivity index (χ2n) is 9.11. The Balaban J connectivity index is 3.70. The molecule has 0 saturated carbocycles. The lowest BCUT2D eigenvalue weighted by atomic mass is 9.91. The van der Waals surface area contributed by atoms with Crippen molar-refractivity contribution < 1.29 is 9.53 Å². The van der Waals surface area contributed by atoms with Gasteiger partial charge >= 0.3 is 5.97 Å². The molecule has 0 aliphatic heterocycles. The van der Waals surface area contributed by atoms with Crippen LogP contribution >= 0.6 is 0 Å². The highest BCUT2D eigenvalue weighted by atomic mass is 16.5. The van der Waals surface area contributed by atoms with Crippen molar-refractivity contribution in [2.45, 2.75) is 130 Å². The van der Waals surface area contributed by atoms with E-state index in [0.717, 1.165) is 25.2 Å². The van der Waals surface area contributed by atoms with Crippen molar-refractivity contribution in [1.29, 1.82) is 0 Å². The molecular formula is C27H51O2+. The number of carbonyl (C=O) groups is 1. The van der Waals surface area contributed by atoms with Gasteiger partial charge in [-0.05, 0) is 56.8 Å². The Bertz CT molecular complexity index is 373. The second-order valence-corrected chi connectivity index (χ2v) is 9.11. The zero-order valence-corrected chi connectivity index (χ0v) is 20.2. The van der Waals surface area contributed by atoms with Crippen LogP contribution in [0.15, 0.2) is 12.2 Å². The lowest BCUT2D eigenvalue weighted by molar-refractivity contribution is -0.144. The fourth-order valence-electron chi connectivity index (χ4n) is 3.63. The molecule has 0 aliphatic rings. The predicted molar refractivity (Wildman–Crippen MR) is 128 cm³/mol. The fourth-order valence-corrected chi connectivity index (χ4v) is 3.63. The van der Waals surface area contributed by atoms with Gasteiger partial charge in [0.05, 0.1) is 26.4 Å². The van der Waals surface area contributed by atoms with Gasteiger partial charge in [0.1, 0.15) is 0 Å². The molecule has 29 heavy (non-hydrogen) atoms. The highest BCUT2D eigenvalue weighted by Gasteiger charge is 2.09. The minimum atomic E-state index is -0.00993. The molecule has 170 valence electrons. The maximum atomic E-state index is 11.7. The molecule has 1 unspecified atom stereocenters. The first kappa shape index (κ1) is 28.1. The van der Waals surface area contributed by atoms with E-state index in [0.29, 0.717) is 18.9 Å². The van der Waals surface area contributed by atoms with E-state index in [2.05, 4.69) is 46.3 Å². The zero-order chi connectivity index (χ0) is 21.6. The zero-order valence-electron chi connectivity index (χ0n) is 20.2. The summed E-state index contributed by atoms with van der Waals surface area (Å²) < 4.78 is 5.28. The maximum absolute atomic E-state index is 11.7. The van der Waals surface area contributed by atoms with Gasteiger partial charge in [0.2, 0.25) is 0 Å². The van der Waals surface area contributed by atoms with E-state index >= 15 is 0 Å². The summed E-state index contributed by atoms with van der Waals surface area (Å²) in [6, 6.07) is 0. The Morgan fingerprint density at radius 1 is 0.862 bits per heavy atom. The largest absolute Gasteiger partial charge is 0.466 e. The van der Waals surface area contributed by atoms with Gasteiger partial charge in [-0.1, -0.05) is 77.9 Å². The van der Waals surface area contributed by atoms with Crippen LogP contribution in [0, 0.1) is 18.3 Å². The van der Waals surface area contributed by atoms with E-state index in [-0.39, 0.29) is 5.97 Å². The number of unbranched alkanes of at least 4 members (excludes halogenated alkanes) is 8. The van der Waals surface area contributed by atoms with E-state index in [9.17, 15) is 4.79 Å². The van der Waals surface area contributed by atoms with Gasteiger partial charge in [-0.2, -0.15) is 0 Å². The Morgan fingerprint density at radius 3 is 2.31 bits per heavy atom. The molecular weight excluding hydrogens is 356 g/mol. The topological polar surface area (TPSA) is 26.3 Å². The monoisotopic (exact) mass is 407 g/mol. The minimum absolute atomic E-state index is 0.00993. The first-order valence-corrected chi connectivity index (χ1v) is 12.7. The number of ether oxygens (including phenoxy) is 1. The molecule has 2 nitrogen and oxygen atoms in total. The van der Waals surface area contributed by atoms with E-state index in [1.54, 1.807) is 0 Å². The summed E-state index contributed by atoms with van der Waals surface area (Å²) in [7, 11) is 0. The SMILES string of the molecule is C[CH+]CCC(CC/C=C/CCCCC)CCCCCCCC(=O)OCCC(C)C. The number of rotatable bonds is 21. The fraction of sp³-hybridized carbons (Fsp3) is 0.852. The third-order valence-electron chi connectivity index (χ3n) is 5.70. The van der Waals surface area contributed by atoms with Gasteiger partial charge in [0, 0.05) is 6.42 Å². The summed E-state index contributed by atoms with van der Waals surface area (Å²) in [6.45, 7) is 9.34. The highest BCUT2D eigenvalue weighted by molar-refractivity contribution is 5.69. The van der Waals surface area contributed by atoms with Crippen molar-refractivity contribution in [1.82, 2.24) is 0 Å². The summed E-state index contributed by atoms with van der Waals surface area (Å²) in [5, 5.41) is 0. The van der Waals surface area contributed by atoms with Crippen LogP contribution in [0.25, 0.3) is 0 Å². The van der Waals surface area contributed by atoms with Crippen molar-refractivity contribution in [3.63, 3.8) is 0 Å². The van der Waals surface area contributed by atoms with Crippen LogP contribution in [0.4, 0.5) is 0 Å². The van der Waals surface area contributed by atoms with E-state index in [1.165, 1.54) is 77.0 Å². The first-order valence-electron chi connectivity index (χ1n) is 12.7. The van der Waals surface area contributed by atoms with Crippen molar-refractivity contribution in [3.05, 3.63) is 18.6 Å². The number of esters is 1. The molecule has 2 heteroatoms. The molecule has 1 atom stereocenters. The Morgan fingerprint density at radius 2 is 1.59 bits per heavy atom. The van der Waals surface area contributed by atoms with Crippen LogP contribution in [-0.4, -0.2) is 12.6 Å². The van der Waals surface area contributed by atoms with Crippen LogP contribution in [0.5, 0.6) is 0 Å². The molecule has 0 aliphatic carbocycles. The third-order valence-corrected chi connectivity index (χ3v) is 5.70. The Kier molecular flexibility index (Phi) is 21.1. The maximum Gasteiger partial charge on any atom is 0.305 e. The summed E-state index contributed by atoms with van der Waals surface area (Å²) >= 11 is 0. The molecule has 0 spiro atoms. The third kappa shape index (κ3) is 21.6. The number of allylic oxidation sites excluding steroid dienone is 2. The van der Waals surface area contributed by atoms with Crippen molar-refractivity contribution >= 4 is 5.97 Å². The molecule has 0 bridgehead atoms. The van der Waals surface area contributed by atoms with Crippen LogP contribution in [0.3, 0.4) is 0 Å². The molecule has 0 aromatic heterocycles. The highest BCUT2D eigenvalue weighted by Crippen LogP contribution is 2.22. The Hall–Kier alpha value is -0.920. The molecule has 0 heterocycles. The van der Waals surface area contributed by atoms with E-state index in [1.807, 2.05) is 0 Å². The summed E-state index contributed by atoms with van der Waals surface area (Å²) in [6.07, 6.45) is 26.6. The normalized spacial score (nSPS) is 12.6. The average molecular weight is 408 g/mol. The molecule has 0 aromatic carbocycles. The smallest absolute Gasteiger partial charge is 0.305 e. The van der Waals surface area contributed by atoms with Crippen molar-refractivity contribution in [2.24, 2.45) is 11.8 Å². The molecule has 0 fully saturated rings. The lowest BCUT2D eigenvalue weighted by Gasteiger charge is -2.14. The van der Waals surface area contributed by atoms with E-state index < -0.39 is 0 Å². The predicted octanol–water partition coefficient (Wildman–Crippen LogP) is 8.84. The van der Waals surface area contributed by atoms with Gasteiger partial charge in [-0.3, -0.25) is 4.79 Å². The van der Waals surface area contributed by atoms with Gasteiger partial charge in [-0.15, -0.1) is 0 Å². The van der Waals surface area contributed by atoms with Gasteiger partial charge in [0.25, 0.3) is 0 Å². The van der Waals surface area contributed by atoms with Gasteiger partial charge in [0.15, 0.2) is 0 Å². The molecule has 0 N–H and O–H groups in total. The quantitative estimate of drug-likeness (QED) is 0.0821. The molecule has 0 radical (unpaired) electrons. The Labute approximate surface area is 183 Å². The van der Waals surface area contributed by atoms with Crippen LogP contribution in [0.1, 0.15) is 130 Å². The number of carbonyl (C=O) groups excluding carboxylic acids is 1. The van der Waals surface area contributed by atoms with Gasteiger partial charge in [-0.25, -0.2) is 0 Å². The summed E-state index contributed by atoms with van der Waals surface area (Å²) in [5.41, 5.74) is 0. The van der Waals surface area contributed by atoms with Crippen molar-refractivity contribution in [3.8, 4) is 0 Å². The van der Waals surface area contributed by atoms with Crippen LogP contribution in [-0.2, 0) is 9.53 Å². The van der Waals surface area contributed by atoms with Crippen LogP contribution < -0.4 is 0 Å². The van der Waals surface area contributed by atoms with Crippen molar-refractivity contribution in [2.75, 3.05) is 6.61 Å². The summed E-state index contributed by atoms with van der Waals surface area (Å²) in [4.78, 5) is 11.7.